The summed E-state index contributed by atoms with van der Waals surface area (Å²) in [6.07, 6.45) is 6.61. The van der Waals surface area contributed by atoms with E-state index in [0.29, 0.717) is 12.4 Å². The number of hydrogen-bond donors (Lipinski definition) is 0. The number of aromatic nitrogens is 3. The molecule has 0 N–H and O–H groups in total. The second kappa shape index (κ2) is 6.39. The van der Waals surface area contributed by atoms with Crippen molar-refractivity contribution in [2.24, 2.45) is 0 Å². The Morgan fingerprint density at radius 1 is 1.41 bits per heavy atom. The molecule has 0 spiro atoms. The number of rotatable bonds is 3. The van der Waals surface area contributed by atoms with E-state index < -0.39 is 0 Å². The standard InChI is InChI=1S/C15H18N4O2S/c1-10-14(22-11(2)18-10)15(20)19-7-3-4-12(9-19)21-13-8-16-5-6-17-13/h5-6,8,12H,3-4,7,9H2,1-2H3/t12-/m0/s1. The molecule has 0 aromatic carbocycles. The molecule has 3 rings (SSSR count). The van der Waals surface area contributed by atoms with E-state index in [1.807, 2.05) is 18.7 Å². The molecule has 1 saturated heterocycles. The fraction of sp³-hybridized carbons (Fsp3) is 0.467. The summed E-state index contributed by atoms with van der Waals surface area (Å²) in [5.74, 6) is 0.558. The third kappa shape index (κ3) is 3.24. The summed E-state index contributed by atoms with van der Waals surface area (Å²) >= 11 is 1.46. The Bertz CT molecular complexity index is 659. The Balaban J connectivity index is 1.68. The summed E-state index contributed by atoms with van der Waals surface area (Å²) < 4.78 is 5.83. The van der Waals surface area contributed by atoms with Gasteiger partial charge in [0.25, 0.3) is 5.91 Å². The molecule has 0 unspecified atom stereocenters. The molecule has 0 aliphatic carbocycles. The number of carbonyl (C=O) groups is 1. The highest BCUT2D eigenvalue weighted by molar-refractivity contribution is 7.13. The van der Waals surface area contributed by atoms with Crippen molar-refractivity contribution in [3.8, 4) is 5.88 Å². The van der Waals surface area contributed by atoms with Gasteiger partial charge < -0.3 is 9.64 Å². The quantitative estimate of drug-likeness (QED) is 0.868. The van der Waals surface area contributed by atoms with Gasteiger partial charge in [-0.25, -0.2) is 9.97 Å². The van der Waals surface area contributed by atoms with Gasteiger partial charge in [-0.3, -0.25) is 9.78 Å². The van der Waals surface area contributed by atoms with Crippen molar-refractivity contribution >= 4 is 17.2 Å². The maximum atomic E-state index is 12.6. The van der Waals surface area contributed by atoms with Crippen LogP contribution >= 0.6 is 11.3 Å². The maximum Gasteiger partial charge on any atom is 0.265 e. The van der Waals surface area contributed by atoms with Gasteiger partial charge in [0, 0.05) is 18.9 Å². The Morgan fingerprint density at radius 2 is 2.27 bits per heavy atom. The lowest BCUT2D eigenvalue weighted by atomic mass is 10.1. The lowest BCUT2D eigenvalue weighted by Gasteiger charge is -2.32. The van der Waals surface area contributed by atoms with Gasteiger partial charge in [0.15, 0.2) is 0 Å². The van der Waals surface area contributed by atoms with Crippen molar-refractivity contribution in [2.45, 2.75) is 32.8 Å². The summed E-state index contributed by atoms with van der Waals surface area (Å²) in [5.41, 5.74) is 0.810. The summed E-state index contributed by atoms with van der Waals surface area (Å²) in [4.78, 5) is 27.7. The van der Waals surface area contributed by atoms with E-state index in [-0.39, 0.29) is 12.0 Å². The predicted octanol–water partition coefficient (Wildman–Crippen LogP) is 2.23. The summed E-state index contributed by atoms with van der Waals surface area (Å²) in [6.45, 7) is 5.14. The zero-order valence-electron chi connectivity index (χ0n) is 12.7. The highest BCUT2D eigenvalue weighted by atomic mass is 32.1. The van der Waals surface area contributed by atoms with Gasteiger partial charge >= 0.3 is 0 Å². The molecule has 1 aliphatic rings. The minimum Gasteiger partial charge on any atom is -0.471 e. The Morgan fingerprint density at radius 3 is 2.95 bits per heavy atom. The number of ether oxygens (including phenoxy) is 1. The number of aryl methyl sites for hydroxylation is 2. The van der Waals surface area contributed by atoms with Crippen LogP contribution in [0, 0.1) is 13.8 Å². The van der Waals surface area contributed by atoms with Crippen molar-refractivity contribution in [1.29, 1.82) is 0 Å². The summed E-state index contributed by atoms with van der Waals surface area (Å²) in [7, 11) is 0. The van der Waals surface area contributed by atoms with Crippen molar-refractivity contribution < 1.29 is 9.53 Å². The topological polar surface area (TPSA) is 68.2 Å². The molecule has 116 valence electrons. The monoisotopic (exact) mass is 318 g/mol. The van der Waals surface area contributed by atoms with E-state index in [9.17, 15) is 4.79 Å². The van der Waals surface area contributed by atoms with Gasteiger partial charge in [-0.15, -0.1) is 11.3 Å². The lowest BCUT2D eigenvalue weighted by molar-refractivity contribution is 0.0530. The average molecular weight is 318 g/mol. The molecule has 1 fully saturated rings. The van der Waals surface area contributed by atoms with Crippen molar-refractivity contribution in [1.82, 2.24) is 19.9 Å². The van der Waals surface area contributed by atoms with E-state index in [0.717, 1.165) is 35.0 Å². The van der Waals surface area contributed by atoms with Crippen LogP contribution in [0.25, 0.3) is 0 Å². The fourth-order valence-corrected chi connectivity index (χ4v) is 3.50. The summed E-state index contributed by atoms with van der Waals surface area (Å²) in [5, 5.41) is 0.921. The first-order valence-electron chi connectivity index (χ1n) is 7.29. The molecule has 1 atom stereocenters. The van der Waals surface area contributed by atoms with Gasteiger partial charge in [0.05, 0.1) is 23.4 Å². The highest BCUT2D eigenvalue weighted by Crippen LogP contribution is 2.22. The van der Waals surface area contributed by atoms with Gasteiger partial charge in [0.1, 0.15) is 11.0 Å². The molecule has 6 nitrogen and oxygen atoms in total. The molecular weight excluding hydrogens is 300 g/mol. The number of carbonyl (C=O) groups excluding carboxylic acids is 1. The lowest BCUT2D eigenvalue weighted by Crippen LogP contribution is -2.44. The molecule has 0 saturated carbocycles. The molecular formula is C15H18N4O2S. The van der Waals surface area contributed by atoms with E-state index in [1.54, 1.807) is 18.6 Å². The smallest absolute Gasteiger partial charge is 0.265 e. The normalized spacial score (nSPS) is 18.3. The molecule has 0 bridgehead atoms. The Labute approximate surface area is 133 Å². The van der Waals surface area contributed by atoms with E-state index in [2.05, 4.69) is 15.0 Å². The number of likely N-dealkylation sites (tertiary alicyclic amines) is 1. The van der Waals surface area contributed by atoms with Crippen LogP contribution in [-0.2, 0) is 0 Å². The van der Waals surface area contributed by atoms with Crippen LogP contribution in [0.5, 0.6) is 5.88 Å². The molecule has 3 heterocycles. The number of nitrogens with zero attached hydrogens (tertiary/aromatic N) is 4. The minimum atomic E-state index is -0.0382. The first-order chi connectivity index (χ1) is 10.6. The molecule has 22 heavy (non-hydrogen) atoms. The van der Waals surface area contributed by atoms with Gasteiger partial charge in [-0.05, 0) is 26.7 Å². The van der Waals surface area contributed by atoms with Gasteiger partial charge in [-0.2, -0.15) is 0 Å². The predicted molar refractivity (Wildman–Crippen MR) is 83.2 cm³/mol. The molecule has 2 aromatic rings. The largest absolute Gasteiger partial charge is 0.471 e. The third-order valence-corrected chi connectivity index (χ3v) is 4.65. The van der Waals surface area contributed by atoms with Crippen molar-refractivity contribution in [2.75, 3.05) is 13.1 Å². The number of thiazole rings is 1. The zero-order chi connectivity index (χ0) is 15.5. The highest BCUT2D eigenvalue weighted by Gasteiger charge is 2.28. The fourth-order valence-electron chi connectivity index (χ4n) is 2.61. The van der Waals surface area contributed by atoms with Crippen LogP contribution in [0.1, 0.15) is 33.2 Å². The van der Waals surface area contributed by atoms with Crippen LogP contribution in [0.3, 0.4) is 0 Å². The average Bonchev–Trinajstić information content (AvgIpc) is 2.86. The minimum absolute atomic E-state index is 0.0382. The molecule has 1 amide bonds. The second-order valence-corrected chi connectivity index (χ2v) is 6.53. The molecule has 0 radical (unpaired) electrons. The van der Waals surface area contributed by atoms with Crippen LogP contribution in [-0.4, -0.2) is 45.0 Å². The number of hydrogen-bond acceptors (Lipinski definition) is 6. The van der Waals surface area contributed by atoms with Crippen molar-refractivity contribution in [3.63, 3.8) is 0 Å². The summed E-state index contributed by atoms with van der Waals surface area (Å²) in [6, 6.07) is 0. The van der Waals surface area contributed by atoms with E-state index in [4.69, 9.17) is 4.74 Å². The Hall–Kier alpha value is -2.02. The molecule has 1 aliphatic heterocycles. The maximum absolute atomic E-state index is 12.6. The number of amides is 1. The van der Waals surface area contributed by atoms with Crippen LogP contribution in [0.15, 0.2) is 18.6 Å². The Kier molecular flexibility index (Phi) is 4.33. The first kappa shape index (κ1) is 14.9. The zero-order valence-corrected chi connectivity index (χ0v) is 13.5. The van der Waals surface area contributed by atoms with Crippen molar-refractivity contribution in [3.05, 3.63) is 34.2 Å². The van der Waals surface area contributed by atoms with E-state index in [1.165, 1.54) is 11.3 Å². The first-order valence-corrected chi connectivity index (χ1v) is 8.11. The van der Waals surface area contributed by atoms with E-state index >= 15 is 0 Å². The van der Waals surface area contributed by atoms with Gasteiger partial charge in [0.2, 0.25) is 5.88 Å². The molecule has 7 heteroatoms. The van der Waals surface area contributed by atoms with Crippen LogP contribution < -0.4 is 4.74 Å². The second-order valence-electron chi connectivity index (χ2n) is 5.32. The number of piperidine rings is 1. The molecule has 2 aromatic heterocycles. The SMILES string of the molecule is Cc1nc(C)c(C(=O)N2CCC[C@H](Oc3cnccn3)C2)s1. The van der Waals surface area contributed by atoms with Crippen LogP contribution in [0.2, 0.25) is 0 Å². The van der Waals surface area contributed by atoms with Crippen LogP contribution in [0.4, 0.5) is 0 Å². The third-order valence-electron chi connectivity index (χ3n) is 3.59. The van der Waals surface area contributed by atoms with Gasteiger partial charge in [-0.1, -0.05) is 0 Å².